The van der Waals surface area contributed by atoms with Crippen molar-refractivity contribution in [2.45, 2.75) is 16.6 Å². The molecule has 182 valence electrons. The third-order valence-corrected chi connectivity index (χ3v) is 6.88. The summed E-state index contributed by atoms with van der Waals surface area (Å²) in [5, 5.41) is 2.41. The lowest BCUT2D eigenvalue weighted by Crippen LogP contribution is -2.38. The van der Waals surface area contributed by atoms with Gasteiger partial charge in [-0.25, -0.2) is 4.39 Å². The topological polar surface area (TPSA) is 77.1 Å². The zero-order chi connectivity index (χ0) is 24.9. The number of methoxy groups -OCH3 is 3. The molecule has 0 radical (unpaired) electrons. The van der Waals surface area contributed by atoms with E-state index < -0.39 is 11.7 Å². The Morgan fingerprint density at radius 1 is 1.03 bits per heavy atom. The van der Waals surface area contributed by atoms with E-state index in [9.17, 15) is 14.0 Å². The minimum atomic E-state index is -0.455. The van der Waals surface area contributed by atoms with Gasteiger partial charge in [-0.2, -0.15) is 0 Å². The number of benzene rings is 3. The molecule has 0 fully saturated rings. The third kappa shape index (κ3) is 5.35. The Labute approximate surface area is 207 Å². The van der Waals surface area contributed by atoms with Crippen LogP contribution in [0.15, 0.2) is 65.6 Å². The van der Waals surface area contributed by atoms with Crippen LogP contribution in [0.1, 0.15) is 17.2 Å². The van der Waals surface area contributed by atoms with Crippen LogP contribution in [0.4, 0.5) is 15.8 Å². The third-order valence-electron chi connectivity index (χ3n) is 5.56. The second kappa shape index (κ2) is 10.7. The molecule has 9 heteroatoms. The van der Waals surface area contributed by atoms with Gasteiger partial charge in [-0.1, -0.05) is 18.2 Å². The highest BCUT2D eigenvalue weighted by Gasteiger charge is 2.31. The van der Waals surface area contributed by atoms with Crippen LogP contribution in [0.2, 0.25) is 0 Å². The summed E-state index contributed by atoms with van der Waals surface area (Å²) in [4.78, 5) is 28.5. The number of para-hydroxylation sites is 1. The lowest BCUT2D eigenvalue weighted by Gasteiger charge is -2.22. The zero-order valence-corrected chi connectivity index (χ0v) is 20.4. The van der Waals surface area contributed by atoms with Gasteiger partial charge >= 0.3 is 0 Å². The predicted octanol–water partition coefficient (Wildman–Crippen LogP) is 5.06. The van der Waals surface area contributed by atoms with Crippen molar-refractivity contribution in [3.05, 3.63) is 72.0 Å². The fourth-order valence-electron chi connectivity index (χ4n) is 3.93. The Hall–Kier alpha value is -3.72. The monoisotopic (exact) mass is 496 g/mol. The zero-order valence-electron chi connectivity index (χ0n) is 19.5. The van der Waals surface area contributed by atoms with Crippen LogP contribution in [0.5, 0.6) is 17.2 Å². The van der Waals surface area contributed by atoms with Gasteiger partial charge in [-0.15, -0.1) is 11.8 Å². The van der Waals surface area contributed by atoms with Crippen molar-refractivity contribution in [1.82, 2.24) is 0 Å². The fourth-order valence-corrected chi connectivity index (χ4v) is 5.20. The van der Waals surface area contributed by atoms with Crippen molar-refractivity contribution in [1.29, 1.82) is 0 Å². The number of halogens is 1. The van der Waals surface area contributed by atoms with Gasteiger partial charge in [0.25, 0.3) is 0 Å². The summed E-state index contributed by atoms with van der Waals surface area (Å²) >= 11 is 1.53. The average Bonchev–Trinajstić information content (AvgIpc) is 2.99. The summed E-state index contributed by atoms with van der Waals surface area (Å²) in [6, 6.07) is 16.7. The number of anilines is 2. The molecular weight excluding hydrogens is 471 g/mol. The second-order valence-electron chi connectivity index (χ2n) is 7.78. The van der Waals surface area contributed by atoms with E-state index in [2.05, 4.69) is 5.32 Å². The molecule has 0 aliphatic carbocycles. The molecule has 1 atom stereocenters. The lowest BCUT2D eigenvalue weighted by atomic mass is 10.1. The molecule has 4 rings (SSSR count). The molecule has 35 heavy (non-hydrogen) atoms. The SMILES string of the molecule is COc1cc([C@H]2CC(=O)N(CC(=O)Nc3cccc(F)c3)c3ccccc3S2)cc(OC)c1OC. The fraction of sp³-hybridized carbons (Fsp3) is 0.231. The summed E-state index contributed by atoms with van der Waals surface area (Å²) in [6.07, 6.45) is 0.144. The van der Waals surface area contributed by atoms with Crippen molar-refractivity contribution < 1.29 is 28.2 Å². The highest BCUT2D eigenvalue weighted by Crippen LogP contribution is 2.49. The van der Waals surface area contributed by atoms with Crippen molar-refractivity contribution in [3.63, 3.8) is 0 Å². The van der Waals surface area contributed by atoms with E-state index in [1.165, 1.54) is 42.0 Å². The smallest absolute Gasteiger partial charge is 0.244 e. The molecule has 3 aromatic carbocycles. The number of amides is 2. The van der Waals surface area contributed by atoms with Gasteiger partial charge in [-0.05, 0) is 48.0 Å². The van der Waals surface area contributed by atoms with Crippen LogP contribution in [0.25, 0.3) is 0 Å². The van der Waals surface area contributed by atoms with Crippen LogP contribution in [0, 0.1) is 5.82 Å². The number of thioether (sulfide) groups is 1. The van der Waals surface area contributed by atoms with Crippen molar-refractivity contribution >= 4 is 35.0 Å². The standard InChI is InChI=1S/C26H25FN2O5S/c1-32-20-11-16(12-21(33-2)26(20)34-3)23-14-25(31)29(19-9-4-5-10-22(19)35-23)15-24(30)28-18-8-6-7-17(27)13-18/h4-13,23H,14-15H2,1-3H3,(H,28,30)/t23-/m1/s1. The van der Waals surface area contributed by atoms with Crippen LogP contribution < -0.4 is 24.4 Å². The Bertz CT molecular complexity index is 1230. The molecule has 1 aliphatic rings. The van der Waals surface area contributed by atoms with E-state index in [4.69, 9.17) is 14.2 Å². The summed E-state index contributed by atoms with van der Waals surface area (Å²) in [5.74, 6) is 0.381. The van der Waals surface area contributed by atoms with E-state index in [1.54, 1.807) is 20.3 Å². The Morgan fingerprint density at radius 2 is 1.74 bits per heavy atom. The predicted molar refractivity (Wildman–Crippen MR) is 133 cm³/mol. The largest absolute Gasteiger partial charge is 0.493 e. The van der Waals surface area contributed by atoms with Gasteiger partial charge in [-0.3, -0.25) is 9.59 Å². The normalized spacial score (nSPS) is 15.1. The first-order chi connectivity index (χ1) is 16.9. The maximum absolute atomic E-state index is 13.5. The molecule has 0 aromatic heterocycles. The quantitative estimate of drug-likeness (QED) is 0.493. The van der Waals surface area contributed by atoms with Crippen LogP contribution >= 0.6 is 11.8 Å². The van der Waals surface area contributed by atoms with Gasteiger partial charge in [0, 0.05) is 22.3 Å². The number of rotatable bonds is 7. The molecule has 0 unspecified atom stereocenters. The number of ether oxygens (including phenoxy) is 3. The molecule has 0 bridgehead atoms. The number of carbonyl (C=O) groups is 2. The molecule has 2 amide bonds. The Kier molecular flexibility index (Phi) is 7.45. The maximum Gasteiger partial charge on any atom is 0.244 e. The summed E-state index contributed by atoms with van der Waals surface area (Å²) in [7, 11) is 4.62. The summed E-state index contributed by atoms with van der Waals surface area (Å²) in [5.41, 5.74) is 1.81. The minimum absolute atomic E-state index is 0.144. The second-order valence-corrected chi connectivity index (χ2v) is 9.02. The Balaban J connectivity index is 1.63. The van der Waals surface area contributed by atoms with Crippen LogP contribution in [-0.4, -0.2) is 39.7 Å². The van der Waals surface area contributed by atoms with Crippen molar-refractivity contribution in [2.75, 3.05) is 38.1 Å². The molecule has 0 spiro atoms. The van der Waals surface area contributed by atoms with Gasteiger partial charge in [0.05, 0.1) is 27.0 Å². The van der Waals surface area contributed by atoms with Crippen molar-refractivity contribution in [3.8, 4) is 17.2 Å². The summed E-state index contributed by atoms with van der Waals surface area (Å²) < 4.78 is 29.9. The highest BCUT2D eigenvalue weighted by molar-refractivity contribution is 7.99. The molecule has 1 N–H and O–H groups in total. The molecule has 1 heterocycles. The lowest BCUT2D eigenvalue weighted by molar-refractivity contribution is -0.121. The first-order valence-electron chi connectivity index (χ1n) is 10.8. The van der Waals surface area contributed by atoms with E-state index in [1.807, 2.05) is 36.4 Å². The number of carbonyl (C=O) groups excluding carboxylic acids is 2. The molecule has 0 saturated heterocycles. The highest BCUT2D eigenvalue weighted by atomic mass is 32.2. The number of nitrogens with zero attached hydrogens (tertiary/aromatic N) is 1. The number of hydrogen-bond donors (Lipinski definition) is 1. The van der Waals surface area contributed by atoms with E-state index in [-0.39, 0.29) is 24.1 Å². The molecule has 0 saturated carbocycles. The van der Waals surface area contributed by atoms with E-state index in [0.29, 0.717) is 28.6 Å². The Morgan fingerprint density at radius 3 is 2.40 bits per heavy atom. The van der Waals surface area contributed by atoms with E-state index >= 15 is 0 Å². The number of hydrogen-bond acceptors (Lipinski definition) is 6. The number of fused-ring (bicyclic) bond motifs is 1. The molecular formula is C26H25FN2O5S. The molecule has 1 aliphatic heterocycles. The first-order valence-corrected chi connectivity index (χ1v) is 11.7. The summed E-state index contributed by atoms with van der Waals surface area (Å²) in [6.45, 7) is -0.200. The van der Waals surface area contributed by atoms with Gasteiger partial charge < -0.3 is 24.4 Å². The van der Waals surface area contributed by atoms with Crippen LogP contribution in [0.3, 0.4) is 0 Å². The molecule has 3 aromatic rings. The van der Waals surface area contributed by atoms with Crippen molar-refractivity contribution in [2.24, 2.45) is 0 Å². The van der Waals surface area contributed by atoms with Crippen LogP contribution in [-0.2, 0) is 9.59 Å². The first kappa shape index (κ1) is 24.4. The minimum Gasteiger partial charge on any atom is -0.493 e. The van der Waals surface area contributed by atoms with Gasteiger partial charge in [0.1, 0.15) is 12.4 Å². The molecule has 7 nitrogen and oxygen atoms in total. The maximum atomic E-state index is 13.5. The van der Waals surface area contributed by atoms with Gasteiger partial charge in [0.2, 0.25) is 17.6 Å². The van der Waals surface area contributed by atoms with E-state index in [0.717, 1.165) is 10.5 Å². The number of nitrogens with one attached hydrogen (secondary N) is 1. The van der Waals surface area contributed by atoms with Gasteiger partial charge in [0.15, 0.2) is 11.5 Å². The average molecular weight is 497 g/mol.